The summed E-state index contributed by atoms with van der Waals surface area (Å²) in [5, 5.41) is 8.44. The maximum Gasteiger partial charge on any atom is 0.274 e. The molecular weight excluding hydrogens is 487 g/mol. The van der Waals surface area contributed by atoms with E-state index >= 15 is 0 Å². The summed E-state index contributed by atoms with van der Waals surface area (Å²) in [6.45, 7) is 4.10. The maximum absolute atomic E-state index is 13.2. The number of nitrogens with one attached hydrogen (secondary N) is 1. The minimum absolute atomic E-state index is 0. The molecule has 8 heteroatoms. The molecule has 1 aromatic carbocycles. The second kappa shape index (κ2) is 10.9. The van der Waals surface area contributed by atoms with Gasteiger partial charge in [-0.3, -0.25) is 4.79 Å². The molecule has 3 aromatic rings. The van der Waals surface area contributed by atoms with E-state index in [1.54, 1.807) is 24.4 Å². The van der Waals surface area contributed by atoms with Gasteiger partial charge in [0.1, 0.15) is 10.3 Å². The smallest absolute Gasteiger partial charge is 0.274 e. The summed E-state index contributed by atoms with van der Waals surface area (Å²) in [5.74, 6) is 0.0908. The topological polar surface area (TPSA) is 59.8 Å². The Balaban J connectivity index is 0.00000320. The number of aromatic nitrogens is 3. The fraction of sp³-hybridized carbons (Fsp3) is 0.318. The van der Waals surface area contributed by atoms with Gasteiger partial charge in [0.15, 0.2) is 5.82 Å². The minimum Gasteiger partial charge on any atom is -0.320 e. The lowest BCUT2D eigenvalue weighted by molar-refractivity contribution is 0.101. The van der Waals surface area contributed by atoms with E-state index in [9.17, 15) is 4.79 Å². The number of aryl methyl sites for hydroxylation is 2. The third-order valence-electron chi connectivity index (χ3n) is 4.52. The molecule has 5 nitrogen and oxygen atoms in total. The van der Waals surface area contributed by atoms with Crippen LogP contribution in [0.25, 0.3) is 5.82 Å². The lowest BCUT2D eigenvalue weighted by Gasteiger charge is -2.15. The summed E-state index contributed by atoms with van der Waals surface area (Å²) in [7, 11) is 0. The van der Waals surface area contributed by atoms with Crippen molar-refractivity contribution in [3.63, 3.8) is 0 Å². The van der Waals surface area contributed by atoms with Gasteiger partial charge in [-0.05, 0) is 71.1 Å². The number of nitrogens with zero attached hydrogens (tertiary/aromatic N) is 3. The first-order valence-corrected chi connectivity index (χ1v) is 10.9. The van der Waals surface area contributed by atoms with E-state index in [-0.39, 0.29) is 13.3 Å². The van der Waals surface area contributed by atoms with E-state index in [1.807, 2.05) is 19.1 Å². The number of benzene rings is 1. The predicted molar refractivity (Wildman–Crippen MR) is 128 cm³/mol. The zero-order valence-electron chi connectivity index (χ0n) is 16.2. The number of hydrogen-bond donors (Lipinski definition) is 1. The van der Waals surface area contributed by atoms with Crippen molar-refractivity contribution in [2.75, 3.05) is 5.32 Å². The quantitative estimate of drug-likeness (QED) is 0.339. The number of rotatable bonds is 7. The van der Waals surface area contributed by atoms with Gasteiger partial charge in [0.25, 0.3) is 5.91 Å². The Morgan fingerprint density at radius 2 is 2.00 bits per heavy atom. The summed E-state index contributed by atoms with van der Waals surface area (Å²) < 4.78 is 1.95. The molecule has 30 heavy (non-hydrogen) atoms. The molecule has 1 amide bonds. The minimum atomic E-state index is -0.299. The van der Waals surface area contributed by atoms with Crippen LogP contribution >= 0.6 is 39.1 Å². The highest BCUT2D eigenvalue weighted by Crippen LogP contribution is 2.29. The second-order valence-electron chi connectivity index (χ2n) is 6.74. The SMILES string of the molecule is C.CCCCCc1cc(Cl)cc(C)c1NC(=O)c1cc(Br)nn1-c1ncccc1Cl. The Labute approximate surface area is 195 Å². The Hall–Kier alpha value is -1.89. The molecular formula is C22H25BrCl2N4O. The first-order valence-electron chi connectivity index (χ1n) is 9.37. The van der Waals surface area contributed by atoms with E-state index in [4.69, 9.17) is 23.2 Å². The molecule has 0 saturated heterocycles. The molecule has 160 valence electrons. The van der Waals surface area contributed by atoms with Gasteiger partial charge in [0, 0.05) is 23.0 Å². The van der Waals surface area contributed by atoms with Crippen molar-refractivity contribution in [2.45, 2.75) is 47.0 Å². The van der Waals surface area contributed by atoms with Gasteiger partial charge in [-0.1, -0.05) is 50.4 Å². The normalized spacial score (nSPS) is 10.6. The molecule has 0 atom stereocenters. The van der Waals surface area contributed by atoms with Crippen LogP contribution in [-0.4, -0.2) is 20.7 Å². The van der Waals surface area contributed by atoms with Crippen LogP contribution in [0.3, 0.4) is 0 Å². The summed E-state index contributed by atoms with van der Waals surface area (Å²) in [4.78, 5) is 17.4. The number of anilines is 1. The molecule has 2 heterocycles. The third kappa shape index (κ3) is 5.62. The van der Waals surface area contributed by atoms with E-state index in [2.05, 4.69) is 38.3 Å². The van der Waals surface area contributed by atoms with Crippen molar-refractivity contribution < 1.29 is 4.79 Å². The van der Waals surface area contributed by atoms with E-state index in [0.717, 1.165) is 42.5 Å². The fourth-order valence-electron chi connectivity index (χ4n) is 3.14. The Bertz CT molecular complexity index is 1040. The number of pyridine rings is 1. The van der Waals surface area contributed by atoms with Gasteiger partial charge < -0.3 is 5.32 Å². The lowest BCUT2D eigenvalue weighted by Crippen LogP contribution is -2.19. The molecule has 0 unspecified atom stereocenters. The van der Waals surface area contributed by atoms with Crippen LogP contribution in [0.4, 0.5) is 5.69 Å². The molecule has 0 saturated carbocycles. The Morgan fingerprint density at radius 3 is 2.70 bits per heavy atom. The summed E-state index contributed by atoms with van der Waals surface area (Å²) in [6, 6.07) is 8.84. The average molecular weight is 512 g/mol. The number of halogens is 3. The Morgan fingerprint density at radius 1 is 1.23 bits per heavy atom. The van der Waals surface area contributed by atoms with E-state index in [0.29, 0.717) is 26.2 Å². The fourth-order valence-corrected chi connectivity index (χ4v) is 4.01. The zero-order chi connectivity index (χ0) is 21.0. The van der Waals surface area contributed by atoms with Crippen molar-refractivity contribution in [1.82, 2.24) is 14.8 Å². The number of carbonyl (C=O) groups excluding carboxylic acids is 1. The largest absolute Gasteiger partial charge is 0.320 e. The number of carbonyl (C=O) groups is 1. The monoisotopic (exact) mass is 510 g/mol. The second-order valence-corrected chi connectivity index (χ2v) is 8.40. The highest BCUT2D eigenvalue weighted by Gasteiger charge is 2.20. The van der Waals surface area contributed by atoms with Crippen LogP contribution < -0.4 is 5.32 Å². The Kier molecular flexibility index (Phi) is 8.89. The first kappa shape index (κ1) is 24.4. The summed E-state index contributed by atoms with van der Waals surface area (Å²) in [6.07, 6.45) is 5.73. The number of hydrogen-bond acceptors (Lipinski definition) is 3. The highest BCUT2D eigenvalue weighted by atomic mass is 79.9. The van der Waals surface area contributed by atoms with E-state index < -0.39 is 0 Å². The lowest BCUT2D eigenvalue weighted by atomic mass is 10.0. The third-order valence-corrected chi connectivity index (χ3v) is 5.42. The van der Waals surface area contributed by atoms with Crippen LogP contribution in [0, 0.1) is 6.92 Å². The molecule has 0 aliphatic heterocycles. The van der Waals surface area contributed by atoms with Crippen LogP contribution in [0.5, 0.6) is 0 Å². The van der Waals surface area contributed by atoms with Crippen LogP contribution in [0.2, 0.25) is 10.0 Å². The van der Waals surface area contributed by atoms with Crippen molar-refractivity contribution in [3.05, 3.63) is 68.0 Å². The first-order chi connectivity index (χ1) is 13.9. The van der Waals surface area contributed by atoms with Crippen LogP contribution in [-0.2, 0) is 6.42 Å². The average Bonchev–Trinajstić information content (AvgIpc) is 3.06. The highest BCUT2D eigenvalue weighted by molar-refractivity contribution is 9.10. The molecule has 0 spiro atoms. The van der Waals surface area contributed by atoms with Crippen molar-refractivity contribution in [3.8, 4) is 5.82 Å². The summed E-state index contributed by atoms with van der Waals surface area (Å²) >= 11 is 15.9. The van der Waals surface area contributed by atoms with Crippen molar-refractivity contribution >= 4 is 50.7 Å². The van der Waals surface area contributed by atoms with Gasteiger partial charge in [-0.25, -0.2) is 9.67 Å². The standard InChI is InChI=1S/C21H21BrCl2N4O.CH4/c1-3-4-5-7-14-11-15(23)10-13(2)19(14)26-21(29)17-12-18(22)27-28(17)20-16(24)8-6-9-25-20;/h6,8-12H,3-5,7H2,1-2H3,(H,26,29);1H4. The molecule has 0 aliphatic rings. The van der Waals surface area contributed by atoms with Gasteiger partial charge in [-0.2, -0.15) is 5.10 Å². The van der Waals surface area contributed by atoms with Crippen LogP contribution in [0.15, 0.2) is 41.1 Å². The van der Waals surface area contributed by atoms with Crippen molar-refractivity contribution in [1.29, 1.82) is 0 Å². The van der Waals surface area contributed by atoms with Crippen molar-refractivity contribution in [2.24, 2.45) is 0 Å². The predicted octanol–water partition coefficient (Wildman–Crippen LogP) is 7.27. The van der Waals surface area contributed by atoms with Gasteiger partial charge in [0.2, 0.25) is 0 Å². The summed E-state index contributed by atoms with van der Waals surface area (Å²) in [5.41, 5.74) is 3.05. The van der Waals surface area contributed by atoms with E-state index in [1.165, 1.54) is 4.68 Å². The maximum atomic E-state index is 13.2. The molecule has 0 radical (unpaired) electrons. The van der Waals surface area contributed by atoms with Gasteiger partial charge >= 0.3 is 0 Å². The molecule has 0 fully saturated rings. The molecule has 3 rings (SSSR count). The van der Waals surface area contributed by atoms with Gasteiger partial charge in [0.05, 0.1) is 5.02 Å². The molecule has 2 aromatic heterocycles. The van der Waals surface area contributed by atoms with Gasteiger partial charge in [-0.15, -0.1) is 0 Å². The number of unbranched alkanes of at least 4 members (excludes halogenated alkanes) is 2. The number of amides is 1. The molecule has 0 bridgehead atoms. The molecule has 1 N–H and O–H groups in total. The van der Waals surface area contributed by atoms with Crippen LogP contribution in [0.1, 0.15) is 55.2 Å². The molecule has 0 aliphatic carbocycles. The zero-order valence-corrected chi connectivity index (χ0v) is 19.3.